The van der Waals surface area contributed by atoms with Crippen molar-refractivity contribution in [2.24, 2.45) is 5.92 Å². The van der Waals surface area contributed by atoms with E-state index < -0.39 is 5.82 Å². The number of halogens is 2. The van der Waals surface area contributed by atoms with Gasteiger partial charge >= 0.3 is 6.03 Å². The maximum absolute atomic E-state index is 13.5. The fourth-order valence-corrected chi connectivity index (χ4v) is 3.78. The Bertz CT molecular complexity index is 908. The van der Waals surface area contributed by atoms with Crippen LogP contribution in [0.3, 0.4) is 0 Å². The second kappa shape index (κ2) is 10.4. The lowest BCUT2D eigenvalue weighted by molar-refractivity contribution is 0.0953. The molecule has 6 nitrogen and oxygen atoms in total. The number of hydrogen-bond donors (Lipinski definition) is 3. The van der Waals surface area contributed by atoms with E-state index >= 15 is 0 Å². The van der Waals surface area contributed by atoms with Crippen molar-refractivity contribution in [3.05, 3.63) is 63.9 Å². The molecule has 3 rings (SSSR count). The fraction of sp³-hybridized carbons (Fsp3) is 0.364. The molecule has 1 atom stereocenters. The average molecular weight is 477 g/mol. The van der Waals surface area contributed by atoms with E-state index in [4.69, 9.17) is 0 Å². The lowest BCUT2D eigenvalue weighted by Crippen LogP contribution is -2.42. The van der Waals surface area contributed by atoms with Gasteiger partial charge in [-0.25, -0.2) is 9.18 Å². The van der Waals surface area contributed by atoms with Gasteiger partial charge in [-0.05, 0) is 55.2 Å². The van der Waals surface area contributed by atoms with Gasteiger partial charge in [-0.1, -0.05) is 28.1 Å². The first-order chi connectivity index (χ1) is 14.4. The predicted molar refractivity (Wildman–Crippen MR) is 119 cm³/mol. The van der Waals surface area contributed by atoms with Crippen molar-refractivity contribution in [3.8, 4) is 0 Å². The molecular formula is C22H26BrFN4O2. The van der Waals surface area contributed by atoms with Crippen molar-refractivity contribution < 1.29 is 14.0 Å². The summed E-state index contributed by atoms with van der Waals surface area (Å²) in [6.45, 7) is 4.67. The molecular weight excluding hydrogens is 451 g/mol. The van der Waals surface area contributed by atoms with Gasteiger partial charge in [0.05, 0.1) is 0 Å². The van der Waals surface area contributed by atoms with E-state index in [9.17, 15) is 14.0 Å². The number of nitrogens with one attached hydrogen (secondary N) is 3. The summed E-state index contributed by atoms with van der Waals surface area (Å²) in [5, 5.41) is 8.29. The first-order valence-corrected chi connectivity index (χ1v) is 10.8. The van der Waals surface area contributed by atoms with Crippen LogP contribution in [0.1, 0.15) is 22.3 Å². The van der Waals surface area contributed by atoms with Crippen LogP contribution in [-0.2, 0) is 0 Å². The molecule has 1 heterocycles. The molecule has 0 saturated carbocycles. The number of urea groups is 1. The minimum Gasteiger partial charge on any atom is -0.371 e. The maximum Gasteiger partial charge on any atom is 0.314 e. The lowest BCUT2D eigenvalue weighted by Gasteiger charge is -2.19. The number of carbonyl (C=O) groups is 2. The van der Waals surface area contributed by atoms with Crippen LogP contribution in [0, 0.1) is 18.7 Å². The van der Waals surface area contributed by atoms with Crippen molar-refractivity contribution in [3.63, 3.8) is 0 Å². The Kier molecular flexibility index (Phi) is 7.68. The number of anilines is 1. The summed E-state index contributed by atoms with van der Waals surface area (Å²) in [7, 11) is 0. The highest BCUT2D eigenvalue weighted by Crippen LogP contribution is 2.25. The van der Waals surface area contributed by atoms with E-state index in [-0.39, 0.29) is 24.0 Å². The van der Waals surface area contributed by atoms with E-state index in [2.05, 4.69) is 48.9 Å². The molecule has 3 amide bonds. The zero-order valence-corrected chi connectivity index (χ0v) is 18.5. The van der Waals surface area contributed by atoms with Crippen LogP contribution < -0.4 is 20.9 Å². The molecule has 0 aromatic heterocycles. The second-order valence-electron chi connectivity index (χ2n) is 7.44. The summed E-state index contributed by atoms with van der Waals surface area (Å²) in [5.74, 6) is -0.383. The van der Waals surface area contributed by atoms with Crippen molar-refractivity contribution in [2.45, 2.75) is 13.3 Å². The first kappa shape index (κ1) is 22.1. The predicted octanol–water partition coefficient (Wildman–Crippen LogP) is 3.45. The van der Waals surface area contributed by atoms with E-state index in [1.54, 1.807) is 19.1 Å². The van der Waals surface area contributed by atoms with Crippen LogP contribution in [0.5, 0.6) is 0 Å². The standard InChI is InChI=1S/C22H26BrFN4O2/c1-15-5-6-17(11-20(15)24)21(29)25-8-9-26-22(30)27-13-16-7-10-28(14-16)19-4-2-3-18(23)12-19/h2-6,11-12,16H,7-10,13-14H2,1H3,(H,25,29)(H2,26,27,30). The van der Waals surface area contributed by atoms with Crippen LogP contribution in [0.15, 0.2) is 46.9 Å². The number of hydrogen-bond acceptors (Lipinski definition) is 3. The third-order valence-electron chi connectivity index (χ3n) is 5.14. The van der Waals surface area contributed by atoms with E-state index in [0.717, 1.165) is 24.0 Å². The number of nitrogens with zero attached hydrogens (tertiary/aromatic N) is 1. The molecule has 160 valence electrons. The van der Waals surface area contributed by atoms with Gasteiger partial charge in [-0.15, -0.1) is 0 Å². The molecule has 2 aromatic rings. The molecule has 0 bridgehead atoms. The van der Waals surface area contributed by atoms with Gasteiger partial charge in [0.1, 0.15) is 5.82 Å². The molecule has 0 aliphatic carbocycles. The van der Waals surface area contributed by atoms with Crippen LogP contribution in [-0.4, -0.2) is 44.7 Å². The molecule has 1 saturated heterocycles. The summed E-state index contributed by atoms with van der Waals surface area (Å²) in [6, 6.07) is 12.3. The number of carbonyl (C=O) groups excluding carboxylic acids is 2. The summed E-state index contributed by atoms with van der Waals surface area (Å²) in [5.41, 5.74) is 1.94. The van der Waals surface area contributed by atoms with Gasteiger partial charge in [0.25, 0.3) is 5.91 Å². The Hall–Kier alpha value is -2.61. The summed E-state index contributed by atoms with van der Waals surface area (Å²) in [4.78, 5) is 26.3. The van der Waals surface area contributed by atoms with Gasteiger partial charge in [-0.3, -0.25) is 4.79 Å². The third kappa shape index (κ3) is 6.19. The van der Waals surface area contributed by atoms with E-state index in [1.807, 2.05) is 12.1 Å². The first-order valence-electron chi connectivity index (χ1n) is 9.99. The molecule has 1 fully saturated rings. The van der Waals surface area contributed by atoms with Crippen LogP contribution >= 0.6 is 15.9 Å². The van der Waals surface area contributed by atoms with Gasteiger partial charge in [0, 0.05) is 48.4 Å². The Morgan fingerprint density at radius 3 is 2.70 bits per heavy atom. The molecule has 1 unspecified atom stereocenters. The molecule has 0 radical (unpaired) electrons. The Morgan fingerprint density at radius 1 is 1.13 bits per heavy atom. The zero-order chi connectivity index (χ0) is 21.5. The minimum absolute atomic E-state index is 0.258. The van der Waals surface area contributed by atoms with E-state index in [0.29, 0.717) is 24.6 Å². The SMILES string of the molecule is Cc1ccc(C(=O)NCCNC(=O)NCC2CCN(c3cccc(Br)c3)C2)cc1F. The van der Waals surface area contributed by atoms with Gasteiger partial charge < -0.3 is 20.9 Å². The summed E-state index contributed by atoms with van der Waals surface area (Å²) < 4.78 is 14.6. The molecule has 1 aliphatic rings. The second-order valence-corrected chi connectivity index (χ2v) is 8.35. The Morgan fingerprint density at radius 2 is 1.93 bits per heavy atom. The largest absolute Gasteiger partial charge is 0.371 e. The zero-order valence-electron chi connectivity index (χ0n) is 16.9. The highest BCUT2D eigenvalue weighted by molar-refractivity contribution is 9.10. The Balaban J connectivity index is 1.31. The molecule has 8 heteroatoms. The minimum atomic E-state index is -0.412. The normalized spacial score (nSPS) is 15.7. The highest BCUT2D eigenvalue weighted by Gasteiger charge is 2.23. The fourth-order valence-electron chi connectivity index (χ4n) is 3.39. The summed E-state index contributed by atoms with van der Waals surface area (Å²) >= 11 is 3.50. The molecule has 1 aliphatic heterocycles. The van der Waals surface area contributed by atoms with Crippen molar-refractivity contribution in [1.29, 1.82) is 0 Å². The smallest absolute Gasteiger partial charge is 0.314 e. The van der Waals surface area contributed by atoms with Crippen molar-refractivity contribution >= 4 is 33.6 Å². The van der Waals surface area contributed by atoms with Gasteiger partial charge in [-0.2, -0.15) is 0 Å². The van der Waals surface area contributed by atoms with Gasteiger partial charge in [0.15, 0.2) is 0 Å². The molecule has 30 heavy (non-hydrogen) atoms. The van der Waals surface area contributed by atoms with Crippen LogP contribution in [0.4, 0.5) is 14.9 Å². The highest BCUT2D eigenvalue weighted by atomic mass is 79.9. The van der Waals surface area contributed by atoms with Crippen molar-refractivity contribution in [2.75, 3.05) is 37.6 Å². The number of amides is 3. The quantitative estimate of drug-likeness (QED) is 0.535. The molecule has 3 N–H and O–H groups in total. The van der Waals surface area contributed by atoms with Crippen LogP contribution in [0.25, 0.3) is 0 Å². The maximum atomic E-state index is 13.5. The molecule has 2 aromatic carbocycles. The average Bonchev–Trinajstić information content (AvgIpc) is 3.20. The number of rotatable bonds is 7. The monoisotopic (exact) mass is 476 g/mol. The topological polar surface area (TPSA) is 73.5 Å². The van der Waals surface area contributed by atoms with E-state index in [1.165, 1.54) is 11.8 Å². The summed E-state index contributed by atoms with van der Waals surface area (Å²) in [6.07, 6.45) is 1.02. The van der Waals surface area contributed by atoms with Crippen molar-refractivity contribution in [1.82, 2.24) is 16.0 Å². The number of benzene rings is 2. The Labute approximate surface area is 184 Å². The molecule has 0 spiro atoms. The third-order valence-corrected chi connectivity index (χ3v) is 5.63. The lowest BCUT2D eigenvalue weighted by atomic mass is 10.1. The van der Waals surface area contributed by atoms with Gasteiger partial charge in [0.2, 0.25) is 0 Å². The number of aryl methyl sites for hydroxylation is 1. The van der Waals surface area contributed by atoms with Crippen LogP contribution in [0.2, 0.25) is 0 Å².